The number of benzene rings is 3. The molecular formula is C19H13NO2. The van der Waals surface area contributed by atoms with E-state index in [1.807, 2.05) is 54.6 Å². The summed E-state index contributed by atoms with van der Waals surface area (Å²) < 4.78 is 5.47. The summed E-state index contributed by atoms with van der Waals surface area (Å²) >= 11 is 0. The molecule has 1 aliphatic heterocycles. The first-order valence-electron chi connectivity index (χ1n) is 7.15. The number of aliphatic imine (C=N–C) groups is 1. The summed E-state index contributed by atoms with van der Waals surface area (Å²) in [4.78, 5) is 16.8. The van der Waals surface area contributed by atoms with Gasteiger partial charge in [0.25, 0.3) is 0 Å². The lowest BCUT2D eigenvalue weighted by Crippen LogP contribution is -2.18. The van der Waals surface area contributed by atoms with Crippen molar-refractivity contribution in [3.63, 3.8) is 0 Å². The highest BCUT2D eigenvalue weighted by Crippen LogP contribution is 2.32. The van der Waals surface area contributed by atoms with Crippen LogP contribution in [0.1, 0.15) is 11.5 Å². The second kappa shape index (κ2) is 5.11. The van der Waals surface area contributed by atoms with Gasteiger partial charge in [0.15, 0.2) is 5.75 Å². The van der Waals surface area contributed by atoms with E-state index in [2.05, 4.69) is 11.1 Å². The van der Waals surface area contributed by atoms with Crippen LogP contribution in [0.15, 0.2) is 71.7 Å². The van der Waals surface area contributed by atoms with Gasteiger partial charge in [0.1, 0.15) is 11.6 Å². The van der Waals surface area contributed by atoms with Crippen molar-refractivity contribution in [1.82, 2.24) is 0 Å². The van der Waals surface area contributed by atoms with Crippen LogP contribution in [0.3, 0.4) is 0 Å². The Bertz CT molecular complexity index is 899. The van der Waals surface area contributed by atoms with Crippen LogP contribution in [0.5, 0.6) is 5.75 Å². The zero-order chi connectivity index (χ0) is 14.9. The van der Waals surface area contributed by atoms with Crippen LogP contribution in [0.25, 0.3) is 10.8 Å². The number of rotatable bonds is 1. The Hall–Kier alpha value is -2.94. The molecule has 0 N–H and O–H groups in total. The minimum Gasteiger partial charge on any atom is -0.423 e. The molecule has 1 atom stereocenters. The fraction of sp³-hybridized carbons (Fsp3) is 0.0526. The van der Waals surface area contributed by atoms with Gasteiger partial charge in [-0.15, -0.1) is 0 Å². The maximum Gasteiger partial charge on any atom is 0.324 e. The zero-order valence-electron chi connectivity index (χ0n) is 11.8. The molecule has 1 aliphatic rings. The van der Waals surface area contributed by atoms with Crippen molar-refractivity contribution >= 4 is 28.6 Å². The topological polar surface area (TPSA) is 38.7 Å². The third-order valence-corrected chi connectivity index (χ3v) is 3.83. The molecule has 4 rings (SSSR count). The van der Waals surface area contributed by atoms with Gasteiger partial charge in [0.05, 0.1) is 0 Å². The summed E-state index contributed by atoms with van der Waals surface area (Å²) in [6.45, 7) is 0. The molecule has 3 nitrogen and oxygen atoms in total. The molecule has 106 valence electrons. The quantitative estimate of drug-likeness (QED) is 0.496. The van der Waals surface area contributed by atoms with E-state index in [9.17, 15) is 4.79 Å². The van der Waals surface area contributed by atoms with Gasteiger partial charge in [-0.2, -0.15) is 0 Å². The summed E-state index contributed by atoms with van der Waals surface area (Å²) in [5.41, 5.74) is 1.57. The highest BCUT2D eigenvalue weighted by Gasteiger charge is 2.24. The van der Waals surface area contributed by atoms with Gasteiger partial charge in [0, 0.05) is 6.21 Å². The molecule has 1 unspecified atom stereocenters. The van der Waals surface area contributed by atoms with Crippen molar-refractivity contribution in [3.8, 4) is 5.75 Å². The summed E-state index contributed by atoms with van der Waals surface area (Å²) in [6.07, 6.45) is 1.66. The van der Waals surface area contributed by atoms with E-state index < -0.39 is 5.92 Å². The standard InChI is InChI=1S/C19H13NO2/c21-19-16(12-20-17-7-3-4-8-18(17)22-19)15-10-9-13-5-1-2-6-14(13)11-15/h1-12,16H. The Balaban J connectivity index is 1.77. The molecule has 0 radical (unpaired) electrons. The Kier molecular flexibility index (Phi) is 2.97. The maximum absolute atomic E-state index is 12.4. The molecule has 0 aliphatic carbocycles. The number of ether oxygens (including phenoxy) is 1. The minimum absolute atomic E-state index is 0.302. The molecule has 0 aromatic heterocycles. The van der Waals surface area contributed by atoms with Gasteiger partial charge in [-0.25, -0.2) is 0 Å². The molecule has 0 spiro atoms. The average Bonchev–Trinajstić information content (AvgIpc) is 2.72. The van der Waals surface area contributed by atoms with Crippen LogP contribution in [0.4, 0.5) is 5.69 Å². The van der Waals surface area contributed by atoms with E-state index in [0.717, 1.165) is 16.3 Å². The molecule has 0 saturated heterocycles. The molecule has 3 aromatic rings. The number of esters is 1. The smallest absolute Gasteiger partial charge is 0.324 e. The first-order chi connectivity index (χ1) is 10.8. The van der Waals surface area contributed by atoms with Crippen molar-refractivity contribution in [2.45, 2.75) is 5.92 Å². The SMILES string of the molecule is O=C1Oc2ccccc2N=CC1c1ccc2ccccc2c1. The third-order valence-electron chi connectivity index (χ3n) is 3.83. The second-order valence-corrected chi connectivity index (χ2v) is 5.25. The molecule has 22 heavy (non-hydrogen) atoms. The van der Waals surface area contributed by atoms with Gasteiger partial charge in [-0.05, 0) is 34.5 Å². The van der Waals surface area contributed by atoms with Gasteiger partial charge in [-0.1, -0.05) is 48.5 Å². The van der Waals surface area contributed by atoms with Gasteiger partial charge in [0.2, 0.25) is 0 Å². The lowest BCUT2D eigenvalue weighted by molar-refractivity contribution is -0.134. The van der Waals surface area contributed by atoms with Crippen LogP contribution in [-0.2, 0) is 4.79 Å². The van der Waals surface area contributed by atoms with Crippen molar-refractivity contribution in [2.75, 3.05) is 0 Å². The monoisotopic (exact) mass is 287 g/mol. The van der Waals surface area contributed by atoms with E-state index in [4.69, 9.17) is 4.74 Å². The predicted octanol–water partition coefficient (Wildman–Crippen LogP) is 4.24. The Morgan fingerprint density at radius 1 is 0.864 bits per heavy atom. The molecule has 1 heterocycles. The van der Waals surface area contributed by atoms with E-state index in [1.54, 1.807) is 12.3 Å². The summed E-state index contributed by atoms with van der Waals surface area (Å²) in [6, 6.07) is 21.4. The summed E-state index contributed by atoms with van der Waals surface area (Å²) in [7, 11) is 0. The molecular weight excluding hydrogens is 274 g/mol. The highest BCUT2D eigenvalue weighted by molar-refractivity contribution is 6.00. The number of nitrogens with zero attached hydrogens (tertiary/aromatic N) is 1. The Labute approximate surface area is 127 Å². The Morgan fingerprint density at radius 3 is 2.55 bits per heavy atom. The van der Waals surface area contributed by atoms with Crippen LogP contribution in [0.2, 0.25) is 0 Å². The molecule has 0 saturated carbocycles. The first kappa shape index (κ1) is 12.8. The van der Waals surface area contributed by atoms with Crippen molar-refractivity contribution < 1.29 is 9.53 Å². The maximum atomic E-state index is 12.4. The molecule has 0 amide bonds. The van der Waals surface area contributed by atoms with E-state index in [-0.39, 0.29) is 5.97 Å². The van der Waals surface area contributed by atoms with Crippen LogP contribution >= 0.6 is 0 Å². The van der Waals surface area contributed by atoms with Crippen LogP contribution in [-0.4, -0.2) is 12.2 Å². The van der Waals surface area contributed by atoms with Gasteiger partial charge >= 0.3 is 5.97 Å². The summed E-state index contributed by atoms with van der Waals surface area (Å²) in [5, 5.41) is 2.25. The third kappa shape index (κ3) is 2.17. The average molecular weight is 287 g/mol. The molecule has 3 heteroatoms. The Morgan fingerprint density at radius 2 is 1.64 bits per heavy atom. The van der Waals surface area contributed by atoms with Crippen molar-refractivity contribution in [2.24, 2.45) is 4.99 Å². The fourth-order valence-electron chi connectivity index (χ4n) is 2.66. The number of hydrogen-bond acceptors (Lipinski definition) is 3. The number of carbonyl (C=O) groups excluding carboxylic acids is 1. The molecule has 3 aromatic carbocycles. The van der Waals surface area contributed by atoms with Crippen LogP contribution in [0, 0.1) is 0 Å². The number of para-hydroxylation sites is 2. The summed E-state index contributed by atoms with van der Waals surface area (Å²) in [5.74, 6) is -0.284. The van der Waals surface area contributed by atoms with Crippen molar-refractivity contribution in [3.05, 3.63) is 72.3 Å². The second-order valence-electron chi connectivity index (χ2n) is 5.25. The largest absolute Gasteiger partial charge is 0.423 e. The van der Waals surface area contributed by atoms with E-state index >= 15 is 0 Å². The molecule has 0 bridgehead atoms. The number of carbonyl (C=O) groups is 1. The predicted molar refractivity (Wildman–Crippen MR) is 86.9 cm³/mol. The first-order valence-corrected chi connectivity index (χ1v) is 7.15. The lowest BCUT2D eigenvalue weighted by Gasteiger charge is -2.11. The number of fused-ring (bicyclic) bond motifs is 2. The van der Waals surface area contributed by atoms with Crippen molar-refractivity contribution in [1.29, 1.82) is 0 Å². The van der Waals surface area contributed by atoms with Gasteiger partial charge in [-0.3, -0.25) is 9.79 Å². The number of hydrogen-bond donors (Lipinski definition) is 0. The van der Waals surface area contributed by atoms with Crippen LogP contribution < -0.4 is 4.74 Å². The highest BCUT2D eigenvalue weighted by atomic mass is 16.5. The van der Waals surface area contributed by atoms with Gasteiger partial charge < -0.3 is 4.74 Å². The zero-order valence-corrected chi connectivity index (χ0v) is 11.8. The lowest BCUT2D eigenvalue weighted by atomic mass is 9.97. The molecule has 0 fully saturated rings. The normalized spacial score (nSPS) is 16.9. The van der Waals surface area contributed by atoms with E-state index in [1.165, 1.54) is 0 Å². The van der Waals surface area contributed by atoms with E-state index in [0.29, 0.717) is 11.4 Å². The minimum atomic E-state index is -0.489. The fourth-order valence-corrected chi connectivity index (χ4v) is 2.66.